The van der Waals surface area contributed by atoms with Crippen LogP contribution in [0.3, 0.4) is 0 Å². The molecule has 0 bridgehead atoms. The van der Waals surface area contributed by atoms with Crippen molar-refractivity contribution in [2.45, 2.75) is 70.4 Å². The highest BCUT2D eigenvalue weighted by Gasteiger charge is 2.24. The molecule has 3 N–H and O–H groups in total. The number of hydrazine groups is 1. The standard InChI is InChI=1S/C12H26N2O/c1-2-3-4-5-6-8-11(14-13)12-9-7-10-15-12/h11-12,14H,2-10,13H2,1H3. The zero-order valence-corrected chi connectivity index (χ0v) is 10.0. The van der Waals surface area contributed by atoms with Crippen molar-refractivity contribution in [3.05, 3.63) is 0 Å². The van der Waals surface area contributed by atoms with Crippen LogP contribution in [-0.4, -0.2) is 18.8 Å². The van der Waals surface area contributed by atoms with Gasteiger partial charge in [-0.15, -0.1) is 0 Å². The van der Waals surface area contributed by atoms with Crippen LogP contribution in [0.15, 0.2) is 0 Å². The molecule has 2 atom stereocenters. The van der Waals surface area contributed by atoms with E-state index in [0.29, 0.717) is 12.1 Å². The average Bonchev–Trinajstić information content (AvgIpc) is 2.77. The Balaban J connectivity index is 2.05. The molecule has 0 amide bonds. The van der Waals surface area contributed by atoms with Gasteiger partial charge in [0.2, 0.25) is 0 Å². The lowest BCUT2D eigenvalue weighted by molar-refractivity contribution is 0.0747. The lowest BCUT2D eigenvalue weighted by Gasteiger charge is -2.21. The third kappa shape index (κ3) is 4.96. The summed E-state index contributed by atoms with van der Waals surface area (Å²) in [5.74, 6) is 5.56. The molecule has 3 heteroatoms. The van der Waals surface area contributed by atoms with Crippen LogP contribution < -0.4 is 11.3 Å². The van der Waals surface area contributed by atoms with Crippen LogP contribution in [-0.2, 0) is 4.74 Å². The minimum absolute atomic E-state index is 0.362. The SMILES string of the molecule is CCCCCCCC(NN)C1CCCO1. The Morgan fingerprint density at radius 2 is 2.13 bits per heavy atom. The first-order valence-corrected chi connectivity index (χ1v) is 6.46. The van der Waals surface area contributed by atoms with Crippen LogP contribution in [0.25, 0.3) is 0 Å². The van der Waals surface area contributed by atoms with Crippen LogP contribution in [0.4, 0.5) is 0 Å². The van der Waals surface area contributed by atoms with E-state index in [9.17, 15) is 0 Å². The van der Waals surface area contributed by atoms with Crippen molar-refractivity contribution in [2.75, 3.05) is 6.61 Å². The first kappa shape index (κ1) is 12.9. The van der Waals surface area contributed by atoms with Gasteiger partial charge in [0.1, 0.15) is 0 Å². The van der Waals surface area contributed by atoms with Gasteiger partial charge < -0.3 is 4.74 Å². The maximum atomic E-state index is 5.64. The molecule has 2 unspecified atom stereocenters. The molecule has 0 aliphatic carbocycles. The number of nitrogens with two attached hydrogens (primary N) is 1. The summed E-state index contributed by atoms with van der Waals surface area (Å²) in [5.41, 5.74) is 2.91. The van der Waals surface area contributed by atoms with Crippen molar-refractivity contribution in [3.8, 4) is 0 Å². The fourth-order valence-electron chi connectivity index (χ4n) is 2.26. The fraction of sp³-hybridized carbons (Fsp3) is 1.00. The molecule has 1 saturated heterocycles. The van der Waals surface area contributed by atoms with Crippen LogP contribution in [0, 0.1) is 0 Å². The summed E-state index contributed by atoms with van der Waals surface area (Å²) >= 11 is 0. The van der Waals surface area contributed by atoms with E-state index in [-0.39, 0.29) is 0 Å². The summed E-state index contributed by atoms with van der Waals surface area (Å²) in [6.07, 6.45) is 10.5. The van der Waals surface area contributed by atoms with Crippen molar-refractivity contribution in [3.63, 3.8) is 0 Å². The van der Waals surface area contributed by atoms with E-state index in [1.165, 1.54) is 44.9 Å². The van der Waals surface area contributed by atoms with Gasteiger partial charge in [0.25, 0.3) is 0 Å². The highest BCUT2D eigenvalue weighted by atomic mass is 16.5. The van der Waals surface area contributed by atoms with Crippen molar-refractivity contribution >= 4 is 0 Å². The number of unbranched alkanes of at least 4 members (excludes halogenated alkanes) is 4. The van der Waals surface area contributed by atoms with Crippen LogP contribution in [0.2, 0.25) is 0 Å². The molecular formula is C12H26N2O. The molecule has 0 spiro atoms. The van der Waals surface area contributed by atoms with E-state index in [0.717, 1.165) is 13.0 Å². The smallest absolute Gasteiger partial charge is 0.0742 e. The summed E-state index contributed by atoms with van der Waals surface area (Å²) in [6.45, 7) is 3.16. The first-order valence-electron chi connectivity index (χ1n) is 6.46. The average molecular weight is 214 g/mol. The molecule has 1 aliphatic heterocycles. The molecule has 0 radical (unpaired) electrons. The van der Waals surface area contributed by atoms with Crippen LogP contribution in [0.5, 0.6) is 0 Å². The summed E-state index contributed by atoms with van der Waals surface area (Å²) in [7, 11) is 0. The second kappa shape index (κ2) is 8.08. The molecule has 0 aromatic rings. The summed E-state index contributed by atoms with van der Waals surface area (Å²) in [5, 5.41) is 0. The number of ether oxygens (including phenoxy) is 1. The Labute approximate surface area is 93.7 Å². The van der Waals surface area contributed by atoms with Gasteiger partial charge in [-0.1, -0.05) is 39.0 Å². The number of nitrogens with one attached hydrogen (secondary N) is 1. The number of hydrogen-bond donors (Lipinski definition) is 2. The van der Waals surface area contributed by atoms with Gasteiger partial charge in [0.15, 0.2) is 0 Å². The van der Waals surface area contributed by atoms with Gasteiger partial charge in [-0.2, -0.15) is 0 Å². The van der Waals surface area contributed by atoms with E-state index in [1.807, 2.05) is 0 Å². The highest BCUT2D eigenvalue weighted by molar-refractivity contribution is 4.78. The number of hydrogen-bond acceptors (Lipinski definition) is 3. The van der Waals surface area contributed by atoms with Crippen LogP contribution in [0.1, 0.15) is 58.3 Å². The lowest BCUT2D eigenvalue weighted by Crippen LogP contribution is -2.43. The maximum Gasteiger partial charge on any atom is 0.0742 e. The molecule has 3 nitrogen and oxygen atoms in total. The molecule has 90 valence electrons. The van der Waals surface area contributed by atoms with E-state index in [2.05, 4.69) is 12.3 Å². The molecule has 0 aromatic carbocycles. The molecular weight excluding hydrogens is 188 g/mol. The zero-order valence-electron chi connectivity index (χ0n) is 10.0. The van der Waals surface area contributed by atoms with Crippen molar-refractivity contribution in [2.24, 2.45) is 5.84 Å². The van der Waals surface area contributed by atoms with E-state index >= 15 is 0 Å². The third-order valence-corrected chi connectivity index (χ3v) is 3.25. The normalized spacial score (nSPS) is 23.2. The first-order chi connectivity index (χ1) is 7.38. The monoisotopic (exact) mass is 214 g/mol. The van der Waals surface area contributed by atoms with Crippen molar-refractivity contribution in [1.29, 1.82) is 0 Å². The predicted octanol–water partition coefficient (Wildman–Crippen LogP) is 2.36. The second-order valence-corrected chi connectivity index (χ2v) is 4.53. The third-order valence-electron chi connectivity index (χ3n) is 3.25. The molecule has 15 heavy (non-hydrogen) atoms. The molecule has 1 heterocycles. The summed E-state index contributed by atoms with van der Waals surface area (Å²) < 4.78 is 5.64. The Bertz CT molecular complexity index is 147. The van der Waals surface area contributed by atoms with E-state index in [1.54, 1.807) is 0 Å². The second-order valence-electron chi connectivity index (χ2n) is 4.53. The van der Waals surface area contributed by atoms with Gasteiger partial charge in [0.05, 0.1) is 6.10 Å². The summed E-state index contributed by atoms with van der Waals surface area (Å²) in [6, 6.07) is 0.370. The zero-order chi connectivity index (χ0) is 10.9. The van der Waals surface area contributed by atoms with Gasteiger partial charge in [-0.25, -0.2) is 0 Å². The van der Waals surface area contributed by atoms with Gasteiger partial charge in [-0.05, 0) is 19.3 Å². The van der Waals surface area contributed by atoms with Gasteiger partial charge >= 0.3 is 0 Å². The van der Waals surface area contributed by atoms with Crippen molar-refractivity contribution < 1.29 is 4.74 Å². The lowest BCUT2D eigenvalue weighted by atomic mass is 10.0. The maximum absolute atomic E-state index is 5.64. The molecule has 1 fully saturated rings. The van der Waals surface area contributed by atoms with Crippen LogP contribution >= 0.6 is 0 Å². The molecule has 0 aromatic heterocycles. The Hall–Kier alpha value is -0.120. The minimum atomic E-state index is 0.362. The Morgan fingerprint density at radius 3 is 2.73 bits per heavy atom. The quantitative estimate of drug-likeness (QED) is 0.370. The highest BCUT2D eigenvalue weighted by Crippen LogP contribution is 2.19. The Morgan fingerprint density at radius 1 is 1.33 bits per heavy atom. The van der Waals surface area contributed by atoms with Crippen molar-refractivity contribution in [1.82, 2.24) is 5.43 Å². The van der Waals surface area contributed by atoms with E-state index in [4.69, 9.17) is 10.6 Å². The summed E-state index contributed by atoms with van der Waals surface area (Å²) in [4.78, 5) is 0. The largest absolute Gasteiger partial charge is 0.377 e. The topological polar surface area (TPSA) is 47.3 Å². The fourth-order valence-corrected chi connectivity index (χ4v) is 2.26. The predicted molar refractivity (Wildman–Crippen MR) is 63.5 cm³/mol. The molecule has 0 saturated carbocycles. The molecule has 1 rings (SSSR count). The minimum Gasteiger partial charge on any atom is -0.377 e. The van der Waals surface area contributed by atoms with Gasteiger partial charge in [-0.3, -0.25) is 11.3 Å². The number of rotatable bonds is 8. The Kier molecular flexibility index (Phi) is 6.98. The van der Waals surface area contributed by atoms with E-state index < -0.39 is 0 Å². The molecule has 1 aliphatic rings. The van der Waals surface area contributed by atoms with Gasteiger partial charge in [0, 0.05) is 12.6 Å².